The molecule has 0 spiro atoms. The van der Waals surface area contributed by atoms with Crippen LogP contribution in [0, 0.1) is 0 Å². The summed E-state index contributed by atoms with van der Waals surface area (Å²) in [5.41, 5.74) is 12.5. The fourth-order valence-corrected chi connectivity index (χ4v) is 9.96. The summed E-state index contributed by atoms with van der Waals surface area (Å²) >= 11 is 0.0771. The van der Waals surface area contributed by atoms with Gasteiger partial charge in [-0.25, -0.2) is 0 Å². The van der Waals surface area contributed by atoms with E-state index >= 15 is 0 Å². The zero-order valence-corrected chi connectivity index (χ0v) is 33.8. The molecule has 0 N–H and O–H groups in total. The monoisotopic (exact) mass is 760 g/mol. The van der Waals surface area contributed by atoms with Crippen molar-refractivity contribution in [1.82, 2.24) is 18.9 Å². The van der Waals surface area contributed by atoms with Gasteiger partial charge in [0.05, 0.1) is 0 Å². The average Bonchev–Trinajstić information content (AvgIpc) is 3.83. The maximum atomic E-state index is 5.21. The first-order valence-corrected chi connectivity index (χ1v) is 20.7. The number of nitrogens with zero attached hydrogens (tertiary/aromatic N) is 4. The van der Waals surface area contributed by atoms with E-state index in [0.717, 1.165) is 17.0 Å². The zero-order chi connectivity index (χ0) is 37.0. The number of rotatable bonds is 9. The molecule has 4 nitrogen and oxygen atoms in total. The second-order valence-electron chi connectivity index (χ2n) is 15.5. The summed E-state index contributed by atoms with van der Waals surface area (Å²) in [5, 5.41) is 3.69. The Kier molecular flexibility index (Phi) is 9.35. The maximum absolute atomic E-state index is 5.21. The first-order valence-electron chi connectivity index (χ1n) is 19.0. The minimum atomic E-state index is 0.0771. The molecule has 0 amide bonds. The van der Waals surface area contributed by atoms with Crippen LogP contribution in [-0.4, -0.2) is 33.9 Å². The number of hydrogen-bond donors (Lipinski definition) is 0. The van der Waals surface area contributed by atoms with Crippen molar-refractivity contribution in [3.8, 4) is 28.3 Å². The zero-order valence-electron chi connectivity index (χ0n) is 32.1. The van der Waals surface area contributed by atoms with Crippen LogP contribution in [0.2, 0.25) is 0 Å². The van der Waals surface area contributed by atoms with Crippen molar-refractivity contribution in [3.63, 3.8) is 0 Å². The van der Waals surface area contributed by atoms with Gasteiger partial charge in [0.25, 0.3) is 0 Å². The van der Waals surface area contributed by atoms with E-state index in [0.29, 0.717) is 23.7 Å². The number of hydrogen-bond acceptors (Lipinski definition) is 2. The van der Waals surface area contributed by atoms with Crippen molar-refractivity contribution in [2.75, 3.05) is 0 Å². The van der Waals surface area contributed by atoms with Gasteiger partial charge >= 0.3 is 322 Å². The Labute approximate surface area is 320 Å². The summed E-state index contributed by atoms with van der Waals surface area (Å²) in [4.78, 5) is 10.1. The van der Waals surface area contributed by atoms with Gasteiger partial charge in [-0.1, -0.05) is 0 Å². The topological polar surface area (TPSA) is 35.1 Å². The second-order valence-corrected chi connectivity index (χ2v) is 17.9. The van der Waals surface area contributed by atoms with Crippen LogP contribution in [-0.2, 0) is 0 Å². The molecule has 5 heteroatoms. The van der Waals surface area contributed by atoms with Gasteiger partial charge in [-0.2, -0.15) is 0 Å². The van der Waals surface area contributed by atoms with Crippen LogP contribution in [0.4, 0.5) is 0 Å². The van der Waals surface area contributed by atoms with Crippen molar-refractivity contribution in [1.29, 1.82) is 0 Å². The van der Waals surface area contributed by atoms with Crippen molar-refractivity contribution in [3.05, 3.63) is 144 Å². The van der Waals surface area contributed by atoms with Gasteiger partial charge in [0.1, 0.15) is 0 Å². The molecule has 266 valence electrons. The molecule has 3 aromatic heterocycles. The van der Waals surface area contributed by atoms with Crippen LogP contribution in [0.5, 0.6) is 0 Å². The van der Waals surface area contributed by atoms with E-state index in [-0.39, 0.29) is 15.0 Å². The summed E-state index contributed by atoms with van der Waals surface area (Å²) < 4.78 is 7.37. The standard InChI is InChI=1S/C48H48N4Se/c1-29(2)36-17-12-18-37(30(3)4)45(36)44-28-50-48-42-27-35(22-23-40(42)41-16-9-10-21-43(41)52(44)48)53-34-15-11-14-33(26-34)47-49-24-25-51(47)46-38(31(5)6)19-13-20-39(46)32(7)8/h9-32H,1-8H3. The second kappa shape index (κ2) is 14.1. The van der Waals surface area contributed by atoms with E-state index in [1.165, 1.54) is 69.8 Å². The Hall–Kier alpha value is -4.96. The Balaban J connectivity index is 1.24. The summed E-state index contributed by atoms with van der Waals surface area (Å²) in [5.74, 6) is 2.58. The van der Waals surface area contributed by atoms with Crippen LogP contribution in [0.25, 0.3) is 55.7 Å². The molecule has 0 aliphatic rings. The fourth-order valence-electron chi connectivity index (χ4n) is 8.03. The molecule has 0 radical (unpaired) electrons. The summed E-state index contributed by atoms with van der Waals surface area (Å²) in [6.45, 7) is 18.3. The molecule has 5 aromatic carbocycles. The van der Waals surface area contributed by atoms with Crippen molar-refractivity contribution in [2.45, 2.75) is 79.1 Å². The van der Waals surface area contributed by atoms with E-state index in [1.54, 1.807) is 0 Å². The Morgan fingerprint density at radius 3 is 1.85 bits per heavy atom. The van der Waals surface area contributed by atoms with Gasteiger partial charge in [-0.05, 0) is 0 Å². The number of aromatic nitrogens is 4. The van der Waals surface area contributed by atoms with Gasteiger partial charge < -0.3 is 0 Å². The molecule has 0 aliphatic heterocycles. The minimum absolute atomic E-state index is 0.0771. The van der Waals surface area contributed by atoms with Crippen LogP contribution in [0.15, 0.2) is 122 Å². The van der Waals surface area contributed by atoms with Crippen molar-refractivity contribution < 1.29 is 0 Å². The van der Waals surface area contributed by atoms with Crippen molar-refractivity contribution in [2.24, 2.45) is 0 Å². The van der Waals surface area contributed by atoms with E-state index < -0.39 is 0 Å². The SMILES string of the molecule is CC(C)c1cccc(C(C)C)c1-c1cnc2c3cc([Se]c4cccc(-c5nccn5-c5c(C(C)C)cccc5C(C)C)c4)ccc3c3ccccc3n12. The molecular formula is C48H48N4Se. The molecule has 3 heterocycles. The molecule has 0 bridgehead atoms. The van der Waals surface area contributed by atoms with Gasteiger partial charge in [-0.15, -0.1) is 0 Å². The molecule has 0 saturated heterocycles. The van der Waals surface area contributed by atoms with E-state index in [1.807, 2.05) is 6.20 Å². The Bertz CT molecular complexity index is 2570. The first kappa shape index (κ1) is 35.1. The predicted molar refractivity (Wildman–Crippen MR) is 226 cm³/mol. The van der Waals surface area contributed by atoms with E-state index in [9.17, 15) is 0 Å². The number of imidazole rings is 2. The van der Waals surface area contributed by atoms with Crippen LogP contribution >= 0.6 is 0 Å². The molecule has 8 aromatic rings. The van der Waals surface area contributed by atoms with E-state index in [4.69, 9.17) is 9.97 Å². The number of para-hydroxylation sites is 2. The normalized spacial score (nSPS) is 12.2. The molecule has 0 fully saturated rings. The third kappa shape index (κ3) is 6.20. The molecule has 0 aliphatic carbocycles. The summed E-state index contributed by atoms with van der Waals surface area (Å²) in [6, 6.07) is 38.4. The predicted octanol–water partition coefficient (Wildman–Crippen LogP) is 11.3. The van der Waals surface area contributed by atoms with Gasteiger partial charge in [-0.3, -0.25) is 0 Å². The molecule has 8 rings (SSSR count). The molecule has 0 unspecified atom stereocenters. The van der Waals surface area contributed by atoms with Gasteiger partial charge in [0, 0.05) is 0 Å². The Morgan fingerprint density at radius 1 is 0.547 bits per heavy atom. The quantitative estimate of drug-likeness (QED) is 0.109. The van der Waals surface area contributed by atoms with Gasteiger partial charge in [0.15, 0.2) is 0 Å². The average molecular weight is 760 g/mol. The third-order valence-electron chi connectivity index (χ3n) is 10.6. The molecule has 53 heavy (non-hydrogen) atoms. The summed E-state index contributed by atoms with van der Waals surface area (Å²) in [6.07, 6.45) is 6.18. The van der Waals surface area contributed by atoms with Crippen LogP contribution in [0.3, 0.4) is 0 Å². The number of pyridine rings is 1. The first-order chi connectivity index (χ1) is 25.6. The number of fused-ring (bicyclic) bond motifs is 6. The van der Waals surface area contributed by atoms with Crippen LogP contribution < -0.4 is 8.92 Å². The molecule has 0 saturated carbocycles. The fraction of sp³-hybridized carbons (Fsp3) is 0.250. The van der Waals surface area contributed by atoms with Crippen molar-refractivity contribution >= 4 is 51.2 Å². The molecular weight excluding hydrogens is 712 g/mol. The third-order valence-corrected chi connectivity index (χ3v) is 12.7. The van der Waals surface area contributed by atoms with Gasteiger partial charge in [0.2, 0.25) is 0 Å². The van der Waals surface area contributed by atoms with E-state index in [2.05, 4.69) is 180 Å². The van der Waals surface area contributed by atoms with Crippen LogP contribution in [0.1, 0.15) is 101 Å². The number of benzene rings is 5. The molecule has 0 atom stereocenters. The Morgan fingerprint density at radius 2 is 1.17 bits per heavy atom. The summed E-state index contributed by atoms with van der Waals surface area (Å²) in [7, 11) is 0.